The minimum atomic E-state index is -3.34. The van der Waals surface area contributed by atoms with Crippen molar-refractivity contribution in [2.24, 2.45) is 5.92 Å². The van der Waals surface area contributed by atoms with Crippen LogP contribution in [-0.2, 0) is 10.0 Å². The van der Waals surface area contributed by atoms with Crippen molar-refractivity contribution in [2.45, 2.75) is 18.9 Å². The molecule has 1 aromatic carbocycles. The Balaban J connectivity index is 1.47. The Morgan fingerprint density at radius 2 is 2.07 bits per heavy atom. The van der Waals surface area contributed by atoms with Crippen molar-refractivity contribution in [3.8, 4) is 10.6 Å². The number of thiazole rings is 1. The van der Waals surface area contributed by atoms with Crippen molar-refractivity contribution in [1.82, 2.24) is 15.2 Å². The van der Waals surface area contributed by atoms with Gasteiger partial charge in [0.15, 0.2) is 0 Å². The average molecular weight is 407 g/mol. The Bertz CT molecular complexity index is 949. The number of nitrogens with zero attached hydrogens (tertiary/aromatic N) is 2. The number of rotatable bonds is 5. The summed E-state index contributed by atoms with van der Waals surface area (Å²) in [7, 11) is -3.34. The molecule has 1 atom stereocenters. The summed E-state index contributed by atoms with van der Waals surface area (Å²) < 4.78 is 25.3. The van der Waals surface area contributed by atoms with E-state index in [4.69, 9.17) is 0 Å². The number of fused-ring (bicyclic) bond motifs is 3. The van der Waals surface area contributed by atoms with Crippen LogP contribution in [0.25, 0.3) is 10.6 Å². The molecule has 3 saturated heterocycles. The van der Waals surface area contributed by atoms with Crippen molar-refractivity contribution in [2.75, 3.05) is 30.6 Å². The maximum atomic E-state index is 12.6. The SMILES string of the molecule is CS(=O)(=O)Nc1cccc(-c2ncc(C(=O)NC3CN4CCC3CC4)s2)c1. The summed E-state index contributed by atoms with van der Waals surface area (Å²) >= 11 is 1.32. The van der Waals surface area contributed by atoms with E-state index in [1.807, 2.05) is 6.07 Å². The Hall–Kier alpha value is -1.97. The van der Waals surface area contributed by atoms with Gasteiger partial charge in [-0.2, -0.15) is 0 Å². The number of hydrogen-bond donors (Lipinski definition) is 2. The lowest BCUT2D eigenvalue weighted by Crippen LogP contribution is -2.57. The fraction of sp³-hybridized carbons (Fsp3) is 0.444. The number of aromatic nitrogens is 1. The number of benzene rings is 1. The molecule has 0 spiro atoms. The number of anilines is 1. The molecule has 144 valence electrons. The predicted molar refractivity (Wildman–Crippen MR) is 106 cm³/mol. The molecule has 2 bridgehead atoms. The van der Waals surface area contributed by atoms with E-state index in [9.17, 15) is 13.2 Å². The van der Waals surface area contributed by atoms with Crippen LogP contribution in [0.1, 0.15) is 22.5 Å². The Kier molecular flexibility index (Phi) is 4.92. The first kappa shape index (κ1) is 18.4. The van der Waals surface area contributed by atoms with E-state index in [0.29, 0.717) is 21.5 Å². The maximum absolute atomic E-state index is 12.6. The van der Waals surface area contributed by atoms with Gasteiger partial charge in [0.25, 0.3) is 5.91 Å². The molecular formula is C18H22N4O3S2. The summed E-state index contributed by atoms with van der Waals surface area (Å²) in [5.74, 6) is 0.494. The van der Waals surface area contributed by atoms with Crippen LogP contribution in [0, 0.1) is 5.92 Å². The molecule has 3 fully saturated rings. The van der Waals surface area contributed by atoms with E-state index >= 15 is 0 Å². The zero-order valence-corrected chi connectivity index (χ0v) is 16.6. The Labute approximate surface area is 162 Å². The van der Waals surface area contributed by atoms with Crippen molar-refractivity contribution < 1.29 is 13.2 Å². The van der Waals surface area contributed by atoms with Gasteiger partial charge in [-0.15, -0.1) is 11.3 Å². The zero-order chi connectivity index (χ0) is 19.0. The molecule has 2 aromatic rings. The summed E-state index contributed by atoms with van der Waals surface area (Å²) in [6.07, 6.45) is 5.01. The van der Waals surface area contributed by atoms with Gasteiger partial charge in [-0.05, 0) is 44.0 Å². The summed E-state index contributed by atoms with van der Waals surface area (Å²) in [5.41, 5.74) is 1.25. The monoisotopic (exact) mass is 406 g/mol. The number of piperidine rings is 3. The van der Waals surface area contributed by atoms with Crippen LogP contribution in [0.15, 0.2) is 30.5 Å². The van der Waals surface area contributed by atoms with Crippen LogP contribution in [0.2, 0.25) is 0 Å². The Morgan fingerprint density at radius 3 is 2.74 bits per heavy atom. The average Bonchev–Trinajstić information content (AvgIpc) is 3.12. The molecule has 1 amide bonds. The van der Waals surface area contributed by atoms with Gasteiger partial charge in [-0.1, -0.05) is 12.1 Å². The molecule has 27 heavy (non-hydrogen) atoms. The third kappa shape index (κ3) is 4.31. The van der Waals surface area contributed by atoms with Gasteiger partial charge in [0.2, 0.25) is 10.0 Å². The lowest BCUT2D eigenvalue weighted by Gasteiger charge is -2.44. The molecule has 1 unspecified atom stereocenters. The topological polar surface area (TPSA) is 91.4 Å². The van der Waals surface area contributed by atoms with Gasteiger partial charge in [-0.25, -0.2) is 13.4 Å². The molecule has 5 rings (SSSR count). The highest BCUT2D eigenvalue weighted by molar-refractivity contribution is 7.92. The first-order valence-electron chi connectivity index (χ1n) is 8.95. The van der Waals surface area contributed by atoms with Gasteiger partial charge in [-0.3, -0.25) is 9.52 Å². The quantitative estimate of drug-likeness (QED) is 0.793. The molecule has 1 aromatic heterocycles. The normalized spacial score (nSPS) is 24.6. The van der Waals surface area contributed by atoms with Crippen LogP contribution in [0.4, 0.5) is 5.69 Å². The third-order valence-corrected chi connectivity index (χ3v) is 6.77. The second-order valence-electron chi connectivity index (χ2n) is 7.20. The molecule has 7 nitrogen and oxygen atoms in total. The highest BCUT2D eigenvalue weighted by atomic mass is 32.2. The van der Waals surface area contributed by atoms with E-state index in [0.717, 1.165) is 44.3 Å². The number of carbonyl (C=O) groups is 1. The van der Waals surface area contributed by atoms with E-state index in [2.05, 4.69) is 19.9 Å². The second kappa shape index (κ2) is 7.21. The van der Waals surface area contributed by atoms with Crippen LogP contribution < -0.4 is 10.0 Å². The zero-order valence-electron chi connectivity index (χ0n) is 15.0. The molecular weight excluding hydrogens is 384 g/mol. The highest BCUT2D eigenvalue weighted by Crippen LogP contribution is 2.30. The molecule has 2 N–H and O–H groups in total. The van der Waals surface area contributed by atoms with Crippen LogP contribution in [0.5, 0.6) is 0 Å². The van der Waals surface area contributed by atoms with Crippen molar-refractivity contribution in [3.63, 3.8) is 0 Å². The third-order valence-electron chi connectivity index (χ3n) is 5.11. The summed E-state index contributed by atoms with van der Waals surface area (Å²) in [6, 6.07) is 7.22. The van der Waals surface area contributed by atoms with Gasteiger partial charge < -0.3 is 10.2 Å². The lowest BCUT2D eigenvalue weighted by atomic mass is 9.84. The molecule has 9 heteroatoms. The molecule has 0 aliphatic carbocycles. The fourth-order valence-electron chi connectivity index (χ4n) is 3.81. The second-order valence-corrected chi connectivity index (χ2v) is 9.98. The number of amides is 1. The number of sulfonamides is 1. The van der Waals surface area contributed by atoms with Gasteiger partial charge in [0, 0.05) is 23.8 Å². The summed E-state index contributed by atoms with van der Waals surface area (Å²) in [6.45, 7) is 3.21. The number of nitrogens with one attached hydrogen (secondary N) is 2. The first-order chi connectivity index (χ1) is 12.9. The van der Waals surface area contributed by atoms with Crippen LogP contribution in [-0.4, -0.2) is 56.1 Å². The standard InChI is InChI=1S/C18H22N4O3S2/c1-27(24,25)21-14-4-2-3-13(9-14)18-19-10-16(26-18)17(23)20-15-11-22-7-5-12(15)6-8-22/h2-4,9-10,12,15,21H,5-8,11H2,1H3,(H,20,23). The van der Waals surface area contributed by atoms with Crippen molar-refractivity contribution in [3.05, 3.63) is 35.3 Å². The van der Waals surface area contributed by atoms with Crippen LogP contribution in [0.3, 0.4) is 0 Å². The highest BCUT2D eigenvalue weighted by Gasteiger charge is 2.35. The minimum absolute atomic E-state index is 0.0806. The van der Waals surface area contributed by atoms with Crippen molar-refractivity contribution >= 4 is 33.0 Å². The number of hydrogen-bond acceptors (Lipinski definition) is 6. The van der Waals surface area contributed by atoms with Crippen molar-refractivity contribution in [1.29, 1.82) is 0 Å². The first-order valence-corrected chi connectivity index (χ1v) is 11.7. The molecule has 4 heterocycles. The molecule has 0 saturated carbocycles. The fourth-order valence-corrected chi connectivity index (χ4v) is 5.18. The minimum Gasteiger partial charge on any atom is -0.347 e. The van der Waals surface area contributed by atoms with E-state index < -0.39 is 10.0 Å². The largest absolute Gasteiger partial charge is 0.347 e. The van der Waals surface area contributed by atoms with E-state index in [1.165, 1.54) is 11.3 Å². The lowest BCUT2D eigenvalue weighted by molar-refractivity contribution is 0.0622. The van der Waals surface area contributed by atoms with Gasteiger partial charge >= 0.3 is 0 Å². The molecule has 3 aliphatic rings. The molecule has 3 aliphatic heterocycles. The van der Waals surface area contributed by atoms with E-state index in [1.54, 1.807) is 24.4 Å². The maximum Gasteiger partial charge on any atom is 0.263 e. The van der Waals surface area contributed by atoms with Gasteiger partial charge in [0.1, 0.15) is 9.88 Å². The summed E-state index contributed by atoms with van der Waals surface area (Å²) in [4.78, 5) is 20.0. The van der Waals surface area contributed by atoms with Crippen LogP contribution >= 0.6 is 11.3 Å². The smallest absolute Gasteiger partial charge is 0.263 e. The van der Waals surface area contributed by atoms with Gasteiger partial charge in [0.05, 0.1) is 12.5 Å². The Morgan fingerprint density at radius 1 is 1.30 bits per heavy atom. The summed E-state index contributed by atoms with van der Waals surface area (Å²) in [5, 5.41) is 3.86. The van der Waals surface area contributed by atoms with E-state index in [-0.39, 0.29) is 11.9 Å². The number of carbonyl (C=O) groups excluding carboxylic acids is 1. The predicted octanol–water partition coefficient (Wildman–Crippen LogP) is 2.01. The molecule has 0 radical (unpaired) electrons.